The van der Waals surface area contributed by atoms with Gasteiger partial charge in [-0.1, -0.05) is 6.07 Å². The molecule has 0 aliphatic carbocycles. The van der Waals surface area contributed by atoms with Gasteiger partial charge in [0.15, 0.2) is 0 Å². The van der Waals surface area contributed by atoms with Crippen molar-refractivity contribution in [2.75, 3.05) is 0 Å². The Bertz CT molecular complexity index is 452. The molecule has 0 saturated carbocycles. The molecule has 1 aromatic carbocycles. The summed E-state index contributed by atoms with van der Waals surface area (Å²) in [7, 11) is 1.55. The summed E-state index contributed by atoms with van der Waals surface area (Å²) < 4.78 is 27.6. The SMILES string of the molecule is Cc1ccc(S(=O)(=O)Cl)cc1OC(C)C. The van der Waals surface area contributed by atoms with E-state index in [2.05, 4.69) is 0 Å². The topological polar surface area (TPSA) is 43.4 Å². The maximum absolute atomic E-state index is 11.1. The van der Waals surface area contributed by atoms with E-state index in [1.807, 2.05) is 20.8 Å². The average molecular weight is 249 g/mol. The highest BCUT2D eigenvalue weighted by Gasteiger charge is 2.12. The lowest BCUT2D eigenvalue weighted by Crippen LogP contribution is -2.07. The largest absolute Gasteiger partial charge is 0.491 e. The minimum absolute atomic E-state index is 0.00280. The fourth-order valence-corrected chi connectivity index (χ4v) is 1.88. The molecule has 0 aliphatic heterocycles. The molecule has 0 atom stereocenters. The van der Waals surface area contributed by atoms with Crippen LogP contribution in [-0.2, 0) is 9.05 Å². The first-order valence-electron chi connectivity index (χ1n) is 4.52. The molecule has 0 radical (unpaired) electrons. The average Bonchev–Trinajstić information content (AvgIpc) is 2.06. The second kappa shape index (κ2) is 4.41. The van der Waals surface area contributed by atoms with Gasteiger partial charge in [-0.2, -0.15) is 0 Å². The third-order valence-electron chi connectivity index (χ3n) is 1.80. The molecule has 0 aliphatic rings. The highest BCUT2D eigenvalue weighted by Crippen LogP contribution is 2.25. The van der Waals surface area contributed by atoms with Crippen LogP contribution in [0.25, 0.3) is 0 Å². The minimum atomic E-state index is -3.69. The normalized spacial score (nSPS) is 11.8. The van der Waals surface area contributed by atoms with E-state index in [1.54, 1.807) is 6.07 Å². The van der Waals surface area contributed by atoms with E-state index in [9.17, 15) is 8.42 Å². The van der Waals surface area contributed by atoms with Crippen LogP contribution in [0.5, 0.6) is 5.75 Å². The van der Waals surface area contributed by atoms with Crippen LogP contribution in [0.1, 0.15) is 19.4 Å². The molecule has 3 nitrogen and oxygen atoms in total. The number of halogens is 1. The molecule has 0 bridgehead atoms. The fourth-order valence-electron chi connectivity index (χ4n) is 1.11. The lowest BCUT2D eigenvalue weighted by molar-refractivity contribution is 0.240. The zero-order valence-electron chi connectivity index (χ0n) is 8.82. The third kappa shape index (κ3) is 3.39. The zero-order chi connectivity index (χ0) is 11.6. The Balaban J connectivity index is 3.17. The summed E-state index contributed by atoms with van der Waals surface area (Å²) in [4.78, 5) is 0.0606. The maximum atomic E-state index is 11.1. The van der Waals surface area contributed by atoms with Gasteiger partial charge in [0, 0.05) is 16.7 Å². The van der Waals surface area contributed by atoms with E-state index >= 15 is 0 Å². The van der Waals surface area contributed by atoms with Crippen LogP contribution in [0.15, 0.2) is 23.1 Å². The van der Waals surface area contributed by atoms with Crippen molar-refractivity contribution in [1.29, 1.82) is 0 Å². The molecule has 84 valence electrons. The maximum Gasteiger partial charge on any atom is 0.261 e. The number of rotatable bonds is 3. The number of hydrogen-bond acceptors (Lipinski definition) is 3. The summed E-state index contributed by atoms with van der Waals surface area (Å²) >= 11 is 0. The lowest BCUT2D eigenvalue weighted by Gasteiger charge is -2.12. The minimum Gasteiger partial charge on any atom is -0.491 e. The lowest BCUT2D eigenvalue weighted by atomic mass is 10.2. The quantitative estimate of drug-likeness (QED) is 0.773. The van der Waals surface area contributed by atoms with E-state index in [0.717, 1.165) is 5.56 Å². The standard InChI is InChI=1S/C10H13ClO3S/c1-7(2)14-10-6-9(15(11,12)13)5-4-8(10)3/h4-7H,1-3H3. The number of ether oxygens (including phenoxy) is 1. The van der Waals surface area contributed by atoms with Crippen LogP contribution in [0.3, 0.4) is 0 Å². The second-order valence-corrected chi connectivity index (χ2v) is 6.10. The Morgan fingerprint density at radius 3 is 2.40 bits per heavy atom. The van der Waals surface area contributed by atoms with E-state index < -0.39 is 9.05 Å². The molecular formula is C10H13ClO3S. The van der Waals surface area contributed by atoms with Crippen molar-refractivity contribution in [3.05, 3.63) is 23.8 Å². The summed E-state index contributed by atoms with van der Waals surface area (Å²) in [5, 5.41) is 0. The van der Waals surface area contributed by atoms with Gasteiger partial charge in [0.1, 0.15) is 5.75 Å². The van der Waals surface area contributed by atoms with Gasteiger partial charge in [-0.05, 0) is 32.4 Å². The van der Waals surface area contributed by atoms with Crippen LogP contribution < -0.4 is 4.74 Å². The predicted octanol–water partition coefficient (Wildman–Crippen LogP) is 2.71. The van der Waals surface area contributed by atoms with Gasteiger partial charge in [0.25, 0.3) is 9.05 Å². The van der Waals surface area contributed by atoms with Crippen molar-refractivity contribution in [3.8, 4) is 5.75 Å². The first kappa shape index (κ1) is 12.3. The van der Waals surface area contributed by atoms with Crippen molar-refractivity contribution < 1.29 is 13.2 Å². The van der Waals surface area contributed by atoms with Crippen LogP contribution in [0, 0.1) is 6.92 Å². The molecular weight excluding hydrogens is 236 g/mol. The highest BCUT2D eigenvalue weighted by molar-refractivity contribution is 8.13. The van der Waals surface area contributed by atoms with E-state index in [0.29, 0.717) is 5.75 Å². The number of hydrogen-bond donors (Lipinski definition) is 0. The Labute approximate surface area is 94.4 Å². The molecule has 0 fully saturated rings. The van der Waals surface area contributed by atoms with Crippen LogP contribution >= 0.6 is 10.7 Å². The molecule has 0 N–H and O–H groups in total. The first-order valence-corrected chi connectivity index (χ1v) is 6.83. The van der Waals surface area contributed by atoms with E-state index in [-0.39, 0.29) is 11.0 Å². The molecule has 0 saturated heterocycles. The van der Waals surface area contributed by atoms with Gasteiger partial charge in [0.2, 0.25) is 0 Å². The molecule has 1 aromatic rings. The molecule has 0 heterocycles. The zero-order valence-corrected chi connectivity index (χ0v) is 10.4. The van der Waals surface area contributed by atoms with Crippen molar-refractivity contribution in [3.63, 3.8) is 0 Å². The number of aryl methyl sites for hydroxylation is 1. The van der Waals surface area contributed by atoms with Gasteiger partial charge in [-0.3, -0.25) is 0 Å². The van der Waals surface area contributed by atoms with E-state index in [1.165, 1.54) is 12.1 Å². The number of benzene rings is 1. The van der Waals surface area contributed by atoms with Gasteiger partial charge >= 0.3 is 0 Å². The highest BCUT2D eigenvalue weighted by atomic mass is 35.7. The first-order chi connectivity index (χ1) is 6.80. The molecule has 0 spiro atoms. The van der Waals surface area contributed by atoms with Crippen LogP contribution in [-0.4, -0.2) is 14.5 Å². The summed E-state index contributed by atoms with van der Waals surface area (Å²) in [5.74, 6) is 0.548. The molecule has 15 heavy (non-hydrogen) atoms. The van der Waals surface area contributed by atoms with Gasteiger partial charge in [-0.15, -0.1) is 0 Å². The van der Waals surface area contributed by atoms with Gasteiger partial charge in [-0.25, -0.2) is 8.42 Å². The van der Waals surface area contributed by atoms with E-state index in [4.69, 9.17) is 15.4 Å². The van der Waals surface area contributed by atoms with Crippen molar-refractivity contribution >= 4 is 19.7 Å². The molecule has 5 heteroatoms. The Hall–Kier alpha value is -0.740. The summed E-state index contributed by atoms with van der Waals surface area (Å²) in [6.45, 7) is 5.60. The summed E-state index contributed by atoms with van der Waals surface area (Å²) in [5.41, 5.74) is 0.882. The summed E-state index contributed by atoms with van der Waals surface area (Å²) in [6.07, 6.45) is -0.00280. The Morgan fingerprint density at radius 2 is 1.93 bits per heavy atom. The van der Waals surface area contributed by atoms with Crippen molar-refractivity contribution in [2.24, 2.45) is 0 Å². The monoisotopic (exact) mass is 248 g/mol. The van der Waals surface area contributed by atoms with Crippen LogP contribution in [0.4, 0.5) is 0 Å². The van der Waals surface area contributed by atoms with Gasteiger partial charge in [0.05, 0.1) is 11.0 Å². The van der Waals surface area contributed by atoms with Crippen LogP contribution in [0.2, 0.25) is 0 Å². The van der Waals surface area contributed by atoms with Crippen molar-refractivity contribution in [2.45, 2.75) is 31.8 Å². The molecule has 0 amide bonds. The molecule has 0 unspecified atom stereocenters. The van der Waals surface area contributed by atoms with Gasteiger partial charge < -0.3 is 4.74 Å². The fraction of sp³-hybridized carbons (Fsp3) is 0.400. The molecule has 1 rings (SSSR count). The molecule has 0 aromatic heterocycles. The Kier molecular flexibility index (Phi) is 3.62. The van der Waals surface area contributed by atoms with Crippen molar-refractivity contribution in [1.82, 2.24) is 0 Å². The predicted molar refractivity (Wildman–Crippen MR) is 60.0 cm³/mol. The smallest absolute Gasteiger partial charge is 0.261 e. The second-order valence-electron chi connectivity index (χ2n) is 3.53. The third-order valence-corrected chi connectivity index (χ3v) is 3.16. The summed E-state index contributed by atoms with van der Waals surface area (Å²) in [6, 6.07) is 4.58. The Morgan fingerprint density at radius 1 is 1.33 bits per heavy atom.